The monoisotopic (exact) mass is 354 g/mol. The van der Waals surface area contributed by atoms with E-state index in [4.69, 9.17) is 4.74 Å². The van der Waals surface area contributed by atoms with Gasteiger partial charge in [0.25, 0.3) is 0 Å². The highest BCUT2D eigenvalue weighted by atomic mass is 16.5. The van der Waals surface area contributed by atoms with Crippen LogP contribution in [0, 0.1) is 5.92 Å². The number of fused-ring (bicyclic) bond motifs is 2. The molecule has 1 amide bonds. The van der Waals surface area contributed by atoms with E-state index in [1.807, 2.05) is 0 Å². The van der Waals surface area contributed by atoms with Crippen molar-refractivity contribution < 1.29 is 9.53 Å². The van der Waals surface area contributed by atoms with Gasteiger partial charge in [0.1, 0.15) is 0 Å². The number of hydrogen-bond acceptors (Lipinski definition) is 2. The normalized spacial score (nSPS) is 24.7. The molecule has 1 N–H and O–H groups in total. The van der Waals surface area contributed by atoms with Crippen LogP contribution in [-0.4, -0.2) is 41.1 Å². The maximum atomic E-state index is 13.3. The van der Waals surface area contributed by atoms with Gasteiger partial charge in [-0.1, -0.05) is 44.9 Å². The second-order valence-electron chi connectivity index (χ2n) is 8.19. The summed E-state index contributed by atoms with van der Waals surface area (Å²) in [5.74, 6) is 0.957. The van der Waals surface area contributed by atoms with Gasteiger partial charge in [-0.25, -0.2) is 0 Å². The molecule has 1 aliphatic carbocycles. The number of aromatic amines is 1. The molecular weight excluding hydrogens is 324 g/mol. The molecule has 4 heteroatoms. The number of carbonyl (C=O) groups excluding carboxylic acids is 1. The van der Waals surface area contributed by atoms with Gasteiger partial charge in [-0.05, 0) is 36.3 Å². The van der Waals surface area contributed by atoms with Gasteiger partial charge < -0.3 is 14.6 Å². The molecule has 1 saturated carbocycles. The zero-order chi connectivity index (χ0) is 18.1. The number of carbonyl (C=O) groups is 1. The van der Waals surface area contributed by atoms with E-state index in [9.17, 15) is 4.79 Å². The molecule has 0 bridgehead atoms. The number of amides is 1. The molecule has 1 saturated heterocycles. The van der Waals surface area contributed by atoms with Gasteiger partial charge in [0, 0.05) is 30.1 Å². The molecule has 1 aliphatic heterocycles. The lowest BCUT2D eigenvalue weighted by Gasteiger charge is -2.44. The summed E-state index contributed by atoms with van der Waals surface area (Å²) in [6.07, 6.45) is 7.58. The van der Waals surface area contributed by atoms with Crippen molar-refractivity contribution in [2.24, 2.45) is 5.92 Å². The van der Waals surface area contributed by atoms with E-state index in [1.165, 1.54) is 23.8 Å². The van der Waals surface area contributed by atoms with Crippen LogP contribution in [0.3, 0.4) is 0 Å². The van der Waals surface area contributed by atoms with Crippen LogP contribution in [0.2, 0.25) is 0 Å². The van der Waals surface area contributed by atoms with Crippen molar-refractivity contribution in [3.05, 3.63) is 36.0 Å². The summed E-state index contributed by atoms with van der Waals surface area (Å²) in [5, 5.41) is 1.25. The third-order valence-corrected chi connectivity index (χ3v) is 6.27. The minimum Gasteiger partial charge on any atom is -0.374 e. The molecule has 1 aromatic carbocycles. The highest BCUT2D eigenvalue weighted by Crippen LogP contribution is 2.35. The predicted molar refractivity (Wildman–Crippen MR) is 104 cm³/mol. The smallest absolute Gasteiger partial charge is 0.223 e. The Balaban J connectivity index is 1.55. The van der Waals surface area contributed by atoms with Crippen LogP contribution in [0.25, 0.3) is 10.9 Å². The first-order valence-electron chi connectivity index (χ1n) is 10.1. The molecule has 140 valence electrons. The summed E-state index contributed by atoms with van der Waals surface area (Å²) in [5.41, 5.74) is 2.43. The SMILES string of the molecule is CC(C)C(CC(=O)N1CCOC2CCCCC21)c1c[nH]c2ccccc12. The van der Waals surface area contributed by atoms with Crippen LogP contribution in [0.5, 0.6) is 0 Å². The van der Waals surface area contributed by atoms with Crippen molar-refractivity contribution in [3.63, 3.8) is 0 Å². The quantitative estimate of drug-likeness (QED) is 0.880. The summed E-state index contributed by atoms with van der Waals surface area (Å²) < 4.78 is 5.95. The molecule has 3 atom stereocenters. The first-order chi connectivity index (χ1) is 12.6. The molecule has 0 spiro atoms. The average Bonchev–Trinajstić information content (AvgIpc) is 3.09. The molecular formula is C22H30N2O2. The van der Waals surface area contributed by atoms with Gasteiger partial charge in [-0.2, -0.15) is 0 Å². The highest BCUT2D eigenvalue weighted by molar-refractivity contribution is 5.85. The number of nitrogens with zero attached hydrogens (tertiary/aromatic N) is 1. The number of para-hydroxylation sites is 1. The summed E-state index contributed by atoms with van der Waals surface area (Å²) >= 11 is 0. The molecule has 2 aliphatic rings. The number of ether oxygens (including phenoxy) is 1. The molecule has 1 aromatic heterocycles. The van der Waals surface area contributed by atoms with Crippen molar-refractivity contribution >= 4 is 16.8 Å². The predicted octanol–water partition coefficient (Wildman–Crippen LogP) is 4.47. The Labute approximate surface area is 155 Å². The van der Waals surface area contributed by atoms with Crippen LogP contribution in [0.1, 0.15) is 57.4 Å². The standard InChI is InChI=1S/C22H30N2O2/c1-15(2)17(18-14-23-19-8-4-3-7-16(18)19)13-22(25)24-11-12-26-21-10-6-5-9-20(21)24/h3-4,7-8,14-15,17,20-21,23H,5-6,9-13H2,1-2H3. The average molecular weight is 354 g/mol. The summed E-state index contributed by atoms with van der Waals surface area (Å²) in [6.45, 7) is 5.88. The minimum atomic E-state index is 0.239. The first-order valence-corrected chi connectivity index (χ1v) is 10.1. The van der Waals surface area contributed by atoms with Crippen LogP contribution < -0.4 is 0 Å². The number of benzene rings is 1. The Morgan fingerprint density at radius 2 is 2.08 bits per heavy atom. The van der Waals surface area contributed by atoms with E-state index in [-0.39, 0.29) is 12.0 Å². The second kappa shape index (κ2) is 7.43. The molecule has 2 fully saturated rings. The third-order valence-electron chi connectivity index (χ3n) is 6.27. The largest absolute Gasteiger partial charge is 0.374 e. The summed E-state index contributed by atoms with van der Waals surface area (Å²) in [6, 6.07) is 8.68. The Morgan fingerprint density at radius 3 is 2.92 bits per heavy atom. The van der Waals surface area contributed by atoms with Gasteiger partial charge >= 0.3 is 0 Å². The Hall–Kier alpha value is -1.81. The van der Waals surface area contributed by atoms with Gasteiger partial charge in [0.05, 0.1) is 18.8 Å². The van der Waals surface area contributed by atoms with Crippen molar-refractivity contribution in [2.45, 2.75) is 64.0 Å². The van der Waals surface area contributed by atoms with E-state index in [1.54, 1.807) is 0 Å². The number of rotatable bonds is 4. The van der Waals surface area contributed by atoms with Gasteiger partial charge in [-0.3, -0.25) is 4.79 Å². The number of nitrogens with one attached hydrogen (secondary N) is 1. The molecule has 4 nitrogen and oxygen atoms in total. The first kappa shape index (κ1) is 17.6. The molecule has 26 heavy (non-hydrogen) atoms. The van der Waals surface area contributed by atoms with Crippen LogP contribution >= 0.6 is 0 Å². The van der Waals surface area contributed by atoms with E-state index in [0.29, 0.717) is 30.9 Å². The molecule has 2 aromatic rings. The Kier molecular flexibility index (Phi) is 5.03. The zero-order valence-electron chi connectivity index (χ0n) is 15.9. The van der Waals surface area contributed by atoms with Gasteiger partial charge in [0.15, 0.2) is 0 Å². The lowest BCUT2D eigenvalue weighted by atomic mass is 9.84. The fraction of sp³-hybridized carbons (Fsp3) is 0.591. The Bertz CT molecular complexity index is 764. The lowest BCUT2D eigenvalue weighted by molar-refractivity contribution is -0.150. The van der Waals surface area contributed by atoms with Gasteiger partial charge in [-0.15, -0.1) is 0 Å². The van der Waals surface area contributed by atoms with Gasteiger partial charge in [0.2, 0.25) is 5.91 Å². The molecule has 2 heterocycles. The summed E-state index contributed by atoms with van der Waals surface area (Å²) in [7, 11) is 0. The third kappa shape index (κ3) is 3.27. The van der Waals surface area contributed by atoms with E-state index in [0.717, 1.165) is 24.9 Å². The van der Waals surface area contributed by atoms with Crippen molar-refractivity contribution in [1.82, 2.24) is 9.88 Å². The van der Waals surface area contributed by atoms with Crippen molar-refractivity contribution in [3.8, 4) is 0 Å². The fourth-order valence-electron chi connectivity index (χ4n) is 4.82. The van der Waals surface area contributed by atoms with E-state index < -0.39 is 0 Å². The van der Waals surface area contributed by atoms with E-state index >= 15 is 0 Å². The zero-order valence-corrected chi connectivity index (χ0v) is 15.9. The number of hydrogen-bond donors (Lipinski definition) is 1. The number of aromatic nitrogens is 1. The van der Waals surface area contributed by atoms with Crippen molar-refractivity contribution in [1.29, 1.82) is 0 Å². The second-order valence-corrected chi connectivity index (χ2v) is 8.19. The fourth-order valence-corrected chi connectivity index (χ4v) is 4.82. The number of morpholine rings is 1. The maximum absolute atomic E-state index is 13.3. The Morgan fingerprint density at radius 1 is 1.27 bits per heavy atom. The molecule has 0 radical (unpaired) electrons. The van der Waals surface area contributed by atoms with Crippen LogP contribution in [0.4, 0.5) is 0 Å². The summed E-state index contributed by atoms with van der Waals surface area (Å²) in [4.78, 5) is 18.8. The lowest BCUT2D eigenvalue weighted by Crippen LogP contribution is -2.55. The maximum Gasteiger partial charge on any atom is 0.223 e. The minimum absolute atomic E-state index is 0.239. The van der Waals surface area contributed by atoms with Crippen molar-refractivity contribution in [2.75, 3.05) is 13.2 Å². The highest BCUT2D eigenvalue weighted by Gasteiger charge is 2.37. The van der Waals surface area contributed by atoms with Crippen LogP contribution in [-0.2, 0) is 9.53 Å². The molecule has 3 unspecified atom stereocenters. The molecule has 4 rings (SSSR count). The van der Waals surface area contributed by atoms with Crippen LogP contribution in [0.15, 0.2) is 30.5 Å². The van der Waals surface area contributed by atoms with E-state index in [2.05, 4.69) is 54.2 Å². The number of H-pyrrole nitrogens is 1. The topological polar surface area (TPSA) is 45.3 Å².